The van der Waals surface area contributed by atoms with Crippen LogP contribution in [0.4, 0.5) is 13.2 Å². The zero-order valence-corrected chi connectivity index (χ0v) is 8.83. The van der Waals surface area contributed by atoms with E-state index >= 15 is 0 Å². The molecule has 0 bridgehead atoms. The summed E-state index contributed by atoms with van der Waals surface area (Å²) in [6, 6.07) is -2.07. The number of alkyl halides is 3. The summed E-state index contributed by atoms with van der Waals surface area (Å²) >= 11 is 0. The summed E-state index contributed by atoms with van der Waals surface area (Å²) in [5.41, 5.74) is 0. The normalized spacial score (nSPS) is 18.6. The summed E-state index contributed by atoms with van der Waals surface area (Å²) in [5, 5.41) is 36.9. The van der Waals surface area contributed by atoms with Crippen LogP contribution in [-0.2, 0) is 9.59 Å². The van der Waals surface area contributed by atoms with Crippen molar-refractivity contribution < 1.29 is 43.2 Å². The molecule has 7 nitrogen and oxygen atoms in total. The Balaban J connectivity index is 4.69. The molecule has 0 heterocycles. The minimum atomic E-state index is -5.26. The zero-order chi connectivity index (χ0) is 14.5. The molecule has 0 aliphatic carbocycles. The first kappa shape index (κ1) is 16.8. The van der Waals surface area contributed by atoms with Gasteiger partial charge < -0.3 is 30.5 Å². The average molecular weight is 275 g/mol. The zero-order valence-electron chi connectivity index (χ0n) is 8.83. The summed E-state index contributed by atoms with van der Waals surface area (Å²) in [7, 11) is 0. The number of aliphatic hydroxyl groups excluding tert-OH is 4. The highest BCUT2D eigenvalue weighted by atomic mass is 19.4. The van der Waals surface area contributed by atoms with E-state index in [9.17, 15) is 27.9 Å². The molecule has 0 aromatic heterocycles. The van der Waals surface area contributed by atoms with Crippen LogP contribution in [0.2, 0.25) is 0 Å². The highest BCUT2D eigenvalue weighted by Crippen LogP contribution is 2.15. The van der Waals surface area contributed by atoms with Gasteiger partial charge in [0.1, 0.15) is 30.6 Å². The van der Waals surface area contributed by atoms with E-state index in [4.69, 9.17) is 15.3 Å². The highest BCUT2D eigenvalue weighted by molar-refractivity contribution is 5.84. The molecule has 4 atom stereocenters. The molecule has 0 aromatic carbocycles. The standard InChI is InChI=1S/C8H12F3NO6/c9-8(10,11)7(18)12-3(1-13)5(16)6(17)4(15)2-14/h1,3-6,14-17H,2H2,(H,12,18)/t3-,4+,5+,6-/m0/s1. The van der Waals surface area contributed by atoms with Crippen molar-refractivity contribution in [1.82, 2.24) is 5.32 Å². The molecule has 18 heavy (non-hydrogen) atoms. The molecule has 0 aliphatic heterocycles. The minimum Gasteiger partial charge on any atom is -0.394 e. The van der Waals surface area contributed by atoms with Crippen LogP contribution in [0.25, 0.3) is 0 Å². The van der Waals surface area contributed by atoms with Crippen LogP contribution in [0.5, 0.6) is 0 Å². The van der Waals surface area contributed by atoms with Gasteiger partial charge >= 0.3 is 12.1 Å². The van der Waals surface area contributed by atoms with Crippen molar-refractivity contribution in [2.75, 3.05) is 6.61 Å². The molecule has 0 fully saturated rings. The van der Waals surface area contributed by atoms with Crippen LogP contribution in [0, 0.1) is 0 Å². The third-order valence-electron chi connectivity index (χ3n) is 2.00. The van der Waals surface area contributed by atoms with Gasteiger partial charge in [-0.25, -0.2) is 0 Å². The van der Waals surface area contributed by atoms with Crippen LogP contribution in [0.3, 0.4) is 0 Å². The number of rotatable bonds is 6. The van der Waals surface area contributed by atoms with E-state index in [0.717, 1.165) is 5.32 Å². The lowest BCUT2D eigenvalue weighted by molar-refractivity contribution is -0.176. The van der Waals surface area contributed by atoms with E-state index in [2.05, 4.69) is 0 Å². The van der Waals surface area contributed by atoms with Crippen molar-refractivity contribution in [2.24, 2.45) is 0 Å². The van der Waals surface area contributed by atoms with Gasteiger partial charge in [0.2, 0.25) is 0 Å². The van der Waals surface area contributed by atoms with E-state index in [1.54, 1.807) is 0 Å². The second kappa shape index (κ2) is 6.64. The van der Waals surface area contributed by atoms with E-state index in [1.165, 1.54) is 0 Å². The Kier molecular flexibility index (Phi) is 6.18. The summed E-state index contributed by atoms with van der Waals surface area (Å²) < 4.78 is 35.6. The molecular weight excluding hydrogens is 263 g/mol. The fourth-order valence-electron chi connectivity index (χ4n) is 0.981. The lowest BCUT2D eigenvalue weighted by Crippen LogP contribution is -2.55. The number of amides is 1. The van der Waals surface area contributed by atoms with Gasteiger partial charge in [-0.05, 0) is 0 Å². The van der Waals surface area contributed by atoms with Gasteiger partial charge in [0, 0.05) is 0 Å². The molecule has 0 spiro atoms. The van der Waals surface area contributed by atoms with Crippen molar-refractivity contribution in [3.8, 4) is 0 Å². The SMILES string of the molecule is O=C[C@H](NC(=O)C(F)(F)F)[C@@H](O)[C@@H](O)[C@H](O)CO. The topological polar surface area (TPSA) is 127 Å². The Labute approximate surface area is 98.8 Å². The summed E-state index contributed by atoms with van der Waals surface area (Å²) in [6.45, 7) is -0.989. The summed E-state index contributed by atoms with van der Waals surface area (Å²) in [5.74, 6) is -2.48. The van der Waals surface area contributed by atoms with Gasteiger partial charge in [-0.3, -0.25) is 4.79 Å². The maximum absolute atomic E-state index is 11.9. The first-order valence-corrected chi connectivity index (χ1v) is 4.63. The Bertz CT molecular complexity index is 297. The molecule has 5 N–H and O–H groups in total. The second-order valence-corrected chi connectivity index (χ2v) is 3.36. The van der Waals surface area contributed by atoms with Crippen molar-refractivity contribution in [3.63, 3.8) is 0 Å². The lowest BCUT2D eigenvalue weighted by atomic mass is 10.0. The number of aliphatic hydroxyl groups is 4. The molecule has 0 unspecified atom stereocenters. The predicted octanol–water partition coefficient (Wildman–Crippen LogP) is -2.69. The Morgan fingerprint density at radius 2 is 1.72 bits per heavy atom. The molecule has 0 saturated carbocycles. The maximum atomic E-state index is 11.9. The van der Waals surface area contributed by atoms with Gasteiger partial charge in [0.05, 0.1) is 6.61 Å². The van der Waals surface area contributed by atoms with Gasteiger partial charge in [-0.1, -0.05) is 0 Å². The highest BCUT2D eigenvalue weighted by Gasteiger charge is 2.42. The quantitative estimate of drug-likeness (QED) is 0.336. The Hall–Kier alpha value is -1.23. The molecule has 0 rings (SSSR count). The van der Waals surface area contributed by atoms with Gasteiger partial charge in [-0.2, -0.15) is 13.2 Å². The molecular formula is C8H12F3NO6. The Morgan fingerprint density at radius 1 is 1.22 bits per heavy atom. The number of halogens is 3. The lowest BCUT2D eigenvalue weighted by Gasteiger charge is -2.26. The van der Waals surface area contributed by atoms with Gasteiger partial charge in [0.15, 0.2) is 0 Å². The van der Waals surface area contributed by atoms with Gasteiger partial charge in [0.25, 0.3) is 0 Å². The van der Waals surface area contributed by atoms with E-state index < -0.39 is 43.0 Å². The van der Waals surface area contributed by atoms with E-state index in [1.807, 2.05) is 0 Å². The van der Waals surface area contributed by atoms with Crippen molar-refractivity contribution in [1.29, 1.82) is 0 Å². The minimum absolute atomic E-state index is 0.235. The number of aldehydes is 1. The predicted molar refractivity (Wildman–Crippen MR) is 49.2 cm³/mol. The molecule has 10 heteroatoms. The number of carbonyl (C=O) groups is 2. The molecule has 106 valence electrons. The summed E-state index contributed by atoms with van der Waals surface area (Å²) in [4.78, 5) is 20.9. The molecule has 0 saturated heterocycles. The fourth-order valence-corrected chi connectivity index (χ4v) is 0.981. The molecule has 1 amide bonds. The van der Waals surface area contributed by atoms with E-state index in [-0.39, 0.29) is 6.29 Å². The molecule has 0 aliphatic rings. The van der Waals surface area contributed by atoms with Crippen LogP contribution in [0.15, 0.2) is 0 Å². The maximum Gasteiger partial charge on any atom is 0.471 e. The Morgan fingerprint density at radius 3 is 2.06 bits per heavy atom. The monoisotopic (exact) mass is 275 g/mol. The summed E-state index contributed by atoms with van der Waals surface area (Å²) in [6.07, 6.45) is -11.7. The van der Waals surface area contributed by atoms with Crippen molar-refractivity contribution in [2.45, 2.75) is 30.5 Å². The average Bonchev–Trinajstić information content (AvgIpc) is 2.31. The van der Waals surface area contributed by atoms with Crippen molar-refractivity contribution >= 4 is 12.2 Å². The van der Waals surface area contributed by atoms with Crippen LogP contribution >= 0.6 is 0 Å². The first-order valence-electron chi connectivity index (χ1n) is 4.63. The van der Waals surface area contributed by atoms with Crippen LogP contribution < -0.4 is 5.32 Å². The smallest absolute Gasteiger partial charge is 0.394 e. The van der Waals surface area contributed by atoms with Crippen LogP contribution in [0.1, 0.15) is 0 Å². The second-order valence-electron chi connectivity index (χ2n) is 3.36. The van der Waals surface area contributed by atoms with Crippen molar-refractivity contribution in [3.05, 3.63) is 0 Å². The number of hydrogen-bond donors (Lipinski definition) is 5. The first-order chi connectivity index (χ1) is 8.15. The molecule has 0 radical (unpaired) electrons. The number of carbonyl (C=O) groups excluding carboxylic acids is 2. The third-order valence-corrected chi connectivity index (χ3v) is 2.00. The van der Waals surface area contributed by atoms with Crippen LogP contribution in [-0.4, -0.2) is 69.8 Å². The number of hydrogen-bond acceptors (Lipinski definition) is 6. The largest absolute Gasteiger partial charge is 0.471 e. The molecule has 0 aromatic rings. The third kappa shape index (κ3) is 4.56. The fraction of sp³-hybridized carbons (Fsp3) is 0.750. The number of nitrogens with one attached hydrogen (secondary N) is 1. The van der Waals surface area contributed by atoms with E-state index in [0.29, 0.717) is 0 Å². The van der Waals surface area contributed by atoms with Gasteiger partial charge in [-0.15, -0.1) is 0 Å².